The molecule has 0 aromatic carbocycles. The van der Waals surface area contributed by atoms with E-state index in [0.717, 1.165) is 110 Å². The number of hydrogen-bond donors (Lipinski definition) is 0. The molecular formula is C45H79NO5. The average molecular weight is 714 g/mol. The van der Waals surface area contributed by atoms with Gasteiger partial charge in [-0.25, -0.2) is 0 Å². The minimum Gasteiger partial charge on any atom is -0.466 e. The van der Waals surface area contributed by atoms with Crippen molar-refractivity contribution in [3.63, 3.8) is 0 Å². The van der Waals surface area contributed by atoms with E-state index in [4.69, 9.17) is 14.2 Å². The van der Waals surface area contributed by atoms with Gasteiger partial charge in [0.1, 0.15) is 0 Å². The van der Waals surface area contributed by atoms with E-state index in [1.807, 2.05) is 0 Å². The van der Waals surface area contributed by atoms with E-state index >= 15 is 0 Å². The standard InChI is InChI=1S/C45H79NO5/c1-6-10-19-28-41-33-37-50-44(47)31-23-17-13-15-21-26-40(39-49-36-25-35-46(5)9-4)27-22-16-14-18-24-32-45(48)51-38-34-42(29-20-11-7-2)43(41)30-12-8-3/h40-42H,3,6-7,9-11,13-29,31-39H2,1-2,4-5H3. The first-order valence-corrected chi connectivity index (χ1v) is 21.4. The third-order valence-corrected chi connectivity index (χ3v) is 10.7. The number of allylic oxidation sites excluding steroid dienone is 1. The lowest BCUT2D eigenvalue weighted by atomic mass is 9.79. The van der Waals surface area contributed by atoms with Crippen LogP contribution < -0.4 is 0 Å². The van der Waals surface area contributed by atoms with Crippen LogP contribution in [0.5, 0.6) is 0 Å². The first-order valence-electron chi connectivity index (χ1n) is 21.4. The van der Waals surface area contributed by atoms with E-state index in [9.17, 15) is 9.59 Å². The Morgan fingerprint density at radius 1 is 0.706 bits per heavy atom. The van der Waals surface area contributed by atoms with Gasteiger partial charge in [0.2, 0.25) is 0 Å². The molecular weight excluding hydrogens is 634 g/mol. The maximum atomic E-state index is 12.7. The van der Waals surface area contributed by atoms with Gasteiger partial charge < -0.3 is 19.1 Å². The summed E-state index contributed by atoms with van der Waals surface area (Å²) in [5.41, 5.74) is 10.5. The number of ether oxygens (including phenoxy) is 3. The van der Waals surface area contributed by atoms with Gasteiger partial charge in [-0.15, -0.1) is 0 Å². The average Bonchev–Trinajstić information content (AvgIpc) is 3.12. The van der Waals surface area contributed by atoms with Crippen LogP contribution in [0.4, 0.5) is 0 Å². The van der Waals surface area contributed by atoms with Crippen LogP contribution in [0.1, 0.15) is 181 Å². The van der Waals surface area contributed by atoms with Crippen molar-refractivity contribution in [2.75, 3.05) is 46.6 Å². The van der Waals surface area contributed by atoms with Gasteiger partial charge in [0.25, 0.3) is 0 Å². The molecule has 0 aromatic rings. The van der Waals surface area contributed by atoms with Gasteiger partial charge in [-0.1, -0.05) is 122 Å². The van der Waals surface area contributed by atoms with E-state index in [0.29, 0.717) is 32.0 Å². The largest absolute Gasteiger partial charge is 0.466 e. The van der Waals surface area contributed by atoms with Gasteiger partial charge in [0.15, 0.2) is 0 Å². The van der Waals surface area contributed by atoms with Crippen molar-refractivity contribution in [1.82, 2.24) is 4.90 Å². The number of nitrogens with zero attached hydrogens (tertiary/aromatic N) is 1. The van der Waals surface area contributed by atoms with E-state index < -0.39 is 0 Å². The van der Waals surface area contributed by atoms with Crippen molar-refractivity contribution in [3.05, 3.63) is 29.3 Å². The first kappa shape index (κ1) is 47.0. The molecule has 6 nitrogen and oxygen atoms in total. The molecule has 1 rings (SSSR count). The third kappa shape index (κ3) is 26.4. The smallest absolute Gasteiger partial charge is 0.305 e. The van der Waals surface area contributed by atoms with E-state index in [-0.39, 0.29) is 23.8 Å². The minimum absolute atomic E-state index is 0.0791. The summed E-state index contributed by atoms with van der Waals surface area (Å²) >= 11 is 0. The second-order valence-electron chi connectivity index (χ2n) is 15.1. The Labute approximate surface area is 314 Å². The number of esters is 2. The Hall–Kier alpha value is -2.06. The van der Waals surface area contributed by atoms with Crippen LogP contribution in [-0.4, -0.2) is 63.4 Å². The number of unbranched alkanes of at least 4 members (excludes halogenated alkanes) is 4. The summed E-state index contributed by atoms with van der Waals surface area (Å²) in [6.45, 7) is 15.1. The summed E-state index contributed by atoms with van der Waals surface area (Å²) in [5.74, 6) is 0.938. The SMILES string of the molecule is C=C=C=C=C1C(CCCCC)CCOC(=O)CCCCCCCC(COCCCN(C)CC)CCCCCCCC(=O)OCCC1CCCCC. The number of carbonyl (C=O) groups is 2. The molecule has 1 fully saturated rings. The first-order chi connectivity index (χ1) is 24.9. The molecule has 0 bridgehead atoms. The topological polar surface area (TPSA) is 65.1 Å². The molecule has 0 spiro atoms. The number of rotatable bonds is 15. The van der Waals surface area contributed by atoms with Gasteiger partial charge in [-0.2, -0.15) is 0 Å². The molecule has 1 heterocycles. The Kier molecular flexibility index (Phi) is 31.1. The third-order valence-electron chi connectivity index (χ3n) is 10.7. The zero-order valence-electron chi connectivity index (χ0n) is 33.8. The van der Waals surface area contributed by atoms with Crippen LogP contribution in [0.2, 0.25) is 0 Å². The molecule has 0 N–H and O–H groups in total. The Bertz CT molecular complexity index is 939. The predicted molar refractivity (Wildman–Crippen MR) is 213 cm³/mol. The predicted octanol–water partition coefficient (Wildman–Crippen LogP) is 11.7. The Balaban J connectivity index is 2.91. The van der Waals surface area contributed by atoms with Crippen molar-refractivity contribution in [2.45, 2.75) is 181 Å². The Morgan fingerprint density at radius 2 is 1.22 bits per heavy atom. The van der Waals surface area contributed by atoms with Gasteiger partial charge in [-0.05, 0) is 107 Å². The summed E-state index contributed by atoms with van der Waals surface area (Å²) in [6.07, 6.45) is 26.2. The monoisotopic (exact) mass is 714 g/mol. The molecule has 294 valence electrons. The lowest BCUT2D eigenvalue weighted by Crippen LogP contribution is -2.20. The molecule has 2 unspecified atom stereocenters. The summed E-state index contributed by atoms with van der Waals surface area (Å²) in [5, 5.41) is 0. The maximum Gasteiger partial charge on any atom is 0.305 e. The molecule has 0 radical (unpaired) electrons. The highest BCUT2D eigenvalue weighted by atomic mass is 16.5. The zero-order chi connectivity index (χ0) is 37.2. The lowest BCUT2D eigenvalue weighted by molar-refractivity contribution is -0.144. The van der Waals surface area contributed by atoms with Crippen LogP contribution in [0.15, 0.2) is 29.3 Å². The molecule has 0 saturated carbocycles. The minimum atomic E-state index is -0.0791. The van der Waals surface area contributed by atoms with Crippen LogP contribution in [0.25, 0.3) is 0 Å². The van der Waals surface area contributed by atoms with E-state index in [1.165, 1.54) is 69.8 Å². The summed E-state index contributed by atoms with van der Waals surface area (Å²) in [7, 11) is 2.17. The van der Waals surface area contributed by atoms with Crippen LogP contribution in [0, 0.1) is 17.8 Å². The fourth-order valence-electron chi connectivity index (χ4n) is 7.24. The molecule has 6 heteroatoms. The van der Waals surface area contributed by atoms with Gasteiger partial charge in [-0.3, -0.25) is 9.59 Å². The van der Waals surface area contributed by atoms with Crippen molar-refractivity contribution in [2.24, 2.45) is 17.8 Å². The van der Waals surface area contributed by atoms with E-state index in [2.05, 4.69) is 56.5 Å². The fraction of sp³-hybridized carbons (Fsp3) is 0.844. The fourth-order valence-corrected chi connectivity index (χ4v) is 7.24. The van der Waals surface area contributed by atoms with Gasteiger partial charge in [0.05, 0.1) is 13.2 Å². The lowest BCUT2D eigenvalue weighted by Gasteiger charge is -2.26. The molecule has 1 saturated heterocycles. The van der Waals surface area contributed by atoms with E-state index in [1.54, 1.807) is 0 Å². The van der Waals surface area contributed by atoms with Crippen molar-refractivity contribution >= 4 is 11.9 Å². The second-order valence-corrected chi connectivity index (χ2v) is 15.1. The van der Waals surface area contributed by atoms with Crippen LogP contribution >= 0.6 is 0 Å². The van der Waals surface area contributed by atoms with Gasteiger partial charge in [0, 0.05) is 32.6 Å². The maximum absolute atomic E-state index is 12.7. The molecule has 1 aliphatic heterocycles. The Morgan fingerprint density at radius 3 is 1.71 bits per heavy atom. The number of carbonyl (C=O) groups excluding carboxylic acids is 2. The molecule has 0 aromatic heterocycles. The van der Waals surface area contributed by atoms with Crippen molar-refractivity contribution < 1.29 is 23.8 Å². The van der Waals surface area contributed by atoms with Crippen LogP contribution in [-0.2, 0) is 23.8 Å². The molecule has 51 heavy (non-hydrogen) atoms. The van der Waals surface area contributed by atoms with Crippen molar-refractivity contribution in [3.8, 4) is 0 Å². The van der Waals surface area contributed by atoms with Crippen LogP contribution in [0.3, 0.4) is 0 Å². The summed E-state index contributed by atoms with van der Waals surface area (Å²) < 4.78 is 17.8. The second kappa shape index (κ2) is 33.8. The molecule has 0 amide bonds. The summed E-state index contributed by atoms with van der Waals surface area (Å²) in [6, 6.07) is 0. The highest BCUT2D eigenvalue weighted by Crippen LogP contribution is 2.33. The normalized spacial score (nSPS) is 22.0. The quantitative estimate of drug-likeness (QED) is 0.0956. The molecule has 0 aliphatic carbocycles. The zero-order valence-corrected chi connectivity index (χ0v) is 33.8. The number of hydrogen-bond acceptors (Lipinski definition) is 6. The highest BCUT2D eigenvalue weighted by Gasteiger charge is 2.24. The molecule has 1 aliphatic rings. The molecule has 2 atom stereocenters. The summed E-state index contributed by atoms with van der Waals surface area (Å²) in [4.78, 5) is 27.8. The van der Waals surface area contributed by atoms with Crippen molar-refractivity contribution in [1.29, 1.82) is 0 Å². The number of cyclic esters (lactones) is 2. The van der Waals surface area contributed by atoms with Gasteiger partial charge >= 0.3 is 11.9 Å². The highest BCUT2D eigenvalue weighted by molar-refractivity contribution is 5.69.